The minimum atomic E-state index is -4.50. The van der Waals surface area contributed by atoms with E-state index in [-0.39, 0.29) is 8.03 Å². The highest BCUT2D eigenvalue weighted by Gasteiger charge is 1.96. The van der Waals surface area contributed by atoms with Gasteiger partial charge in [-0.25, -0.2) is 0 Å². The van der Waals surface area contributed by atoms with Crippen molar-refractivity contribution >= 4 is 7.82 Å². The van der Waals surface area contributed by atoms with Crippen LogP contribution in [0.5, 0.6) is 0 Å². The lowest BCUT2D eigenvalue weighted by molar-refractivity contribution is -0.218. The summed E-state index contributed by atoms with van der Waals surface area (Å²) in [6, 6.07) is 0. The molecule has 1 atom stereocenters. The topological polar surface area (TPSA) is 72.8 Å². The van der Waals surface area contributed by atoms with Gasteiger partial charge in [0.25, 0.3) is 7.82 Å². The van der Waals surface area contributed by atoms with Crippen LogP contribution in [0.3, 0.4) is 0 Å². The number of nitrogens with zero attached hydrogens (tertiary/aromatic N) is 1. The predicted octanol–water partition coefficient (Wildman–Crippen LogP) is -0.0600. The Balaban J connectivity index is -0.000000173. The summed E-state index contributed by atoms with van der Waals surface area (Å²) < 4.78 is 13.5. The van der Waals surface area contributed by atoms with E-state index in [2.05, 4.69) is 11.1 Å². The SMILES string of the molecule is C=CCOP(=O)([O-])O.CN(C)C.[H+]. The fourth-order valence-corrected chi connectivity index (χ4v) is 0.441. The van der Waals surface area contributed by atoms with Crippen LogP contribution in [0.1, 0.15) is 1.43 Å². The van der Waals surface area contributed by atoms with E-state index in [9.17, 15) is 9.46 Å². The summed E-state index contributed by atoms with van der Waals surface area (Å²) in [5, 5.41) is 0. The fraction of sp³-hybridized carbons (Fsp3) is 0.667. The second-order valence-electron chi connectivity index (χ2n) is 2.39. The van der Waals surface area contributed by atoms with E-state index in [1.807, 2.05) is 26.0 Å². The van der Waals surface area contributed by atoms with E-state index < -0.39 is 7.82 Å². The molecule has 1 unspecified atom stereocenters. The van der Waals surface area contributed by atoms with Crippen molar-refractivity contribution in [3.63, 3.8) is 0 Å². The summed E-state index contributed by atoms with van der Waals surface area (Å²) in [5.41, 5.74) is 0. The molecule has 0 saturated carbocycles. The van der Waals surface area contributed by atoms with Crippen LogP contribution in [-0.4, -0.2) is 37.5 Å². The molecule has 5 nitrogen and oxygen atoms in total. The zero-order valence-electron chi connectivity index (χ0n) is 8.56. The monoisotopic (exact) mass is 197 g/mol. The Bertz CT molecular complexity index is 156. The third-order valence-corrected chi connectivity index (χ3v) is 0.831. The van der Waals surface area contributed by atoms with E-state index in [0.717, 1.165) is 0 Å². The Kier molecular flexibility index (Phi) is 8.91. The molecule has 74 valence electrons. The Morgan fingerprint density at radius 2 is 2.08 bits per heavy atom. The van der Waals surface area contributed by atoms with Gasteiger partial charge in [0.05, 0.1) is 6.61 Å². The Hall–Kier alpha value is -0.190. The molecule has 0 aromatic heterocycles. The van der Waals surface area contributed by atoms with Crippen LogP contribution in [0, 0.1) is 0 Å². The van der Waals surface area contributed by atoms with Gasteiger partial charge in [-0.05, 0) is 21.1 Å². The van der Waals surface area contributed by atoms with Gasteiger partial charge in [-0.3, -0.25) is 4.57 Å². The van der Waals surface area contributed by atoms with Crippen molar-refractivity contribution in [1.29, 1.82) is 0 Å². The molecule has 0 aromatic carbocycles. The summed E-state index contributed by atoms with van der Waals surface area (Å²) in [7, 11) is 1.50. The molecule has 0 aliphatic carbocycles. The van der Waals surface area contributed by atoms with Crippen molar-refractivity contribution in [1.82, 2.24) is 4.90 Å². The van der Waals surface area contributed by atoms with Crippen LogP contribution in [0.4, 0.5) is 0 Å². The first kappa shape index (κ1) is 14.3. The molecule has 0 heterocycles. The van der Waals surface area contributed by atoms with Crippen molar-refractivity contribution in [2.75, 3.05) is 27.7 Å². The smallest absolute Gasteiger partial charge is 0.756 e. The third kappa shape index (κ3) is 32.9. The summed E-state index contributed by atoms with van der Waals surface area (Å²) in [6.07, 6.45) is 1.22. The molecular weight excluding hydrogens is 181 g/mol. The molecule has 0 bridgehead atoms. The molecule has 0 amide bonds. The fourth-order valence-electron chi connectivity index (χ4n) is 0.147. The molecule has 0 radical (unpaired) electrons. The van der Waals surface area contributed by atoms with Crippen molar-refractivity contribution in [3.8, 4) is 0 Å². The van der Waals surface area contributed by atoms with Gasteiger partial charge in [-0.1, -0.05) is 6.08 Å². The Labute approximate surface area is 74.4 Å². The van der Waals surface area contributed by atoms with Gasteiger partial charge in [-0.2, -0.15) is 0 Å². The number of hydrogen-bond donors (Lipinski definition) is 1. The van der Waals surface area contributed by atoms with Gasteiger partial charge < -0.3 is 19.2 Å². The van der Waals surface area contributed by atoms with Crippen molar-refractivity contribution in [2.24, 2.45) is 0 Å². The highest BCUT2D eigenvalue weighted by Crippen LogP contribution is 2.29. The van der Waals surface area contributed by atoms with E-state index in [1.54, 1.807) is 0 Å². The quantitative estimate of drug-likeness (QED) is 0.507. The average molecular weight is 197 g/mol. The Morgan fingerprint density at radius 1 is 1.75 bits per heavy atom. The standard InChI is InChI=1S/C3H9N.C3H7O4P/c1-4(2)3;1-2-3-7-8(4,5)6/h1-3H3;2H,1,3H2,(H2,4,5,6). The lowest BCUT2D eigenvalue weighted by Gasteiger charge is -2.12. The molecule has 1 N–H and O–H groups in total. The number of phosphoric ester groups is 1. The number of rotatable bonds is 3. The highest BCUT2D eigenvalue weighted by atomic mass is 31.2. The molecule has 0 fully saturated rings. The van der Waals surface area contributed by atoms with Crippen LogP contribution < -0.4 is 4.89 Å². The maximum absolute atomic E-state index is 9.70. The molecular formula is C6H16NO4P. The molecule has 0 aliphatic heterocycles. The average Bonchev–Trinajstić information content (AvgIpc) is 1.80. The molecule has 0 rings (SSSR count). The second-order valence-corrected chi connectivity index (χ2v) is 3.59. The molecule has 0 aromatic rings. The summed E-state index contributed by atoms with van der Waals surface area (Å²) >= 11 is 0. The van der Waals surface area contributed by atoms with Crippen LogP contribution in [-0.2, 0) is 9.09 Å². The maximum Gasteiger partial charge on any atom is 1.00 e. The van der Waals surface area contributed by atoms with Crippen LogP contribution >= 0.6 is 7.82 Å². The minimum absolute atomic E-state index is 0. The van der Waals surface area contributed by atoms with Crippen LogP contribution in [0.25, 0.3) is 0 Å². The number of hydrogen-bond acceptors (Lipinski definition) is 4. The Morgan fingerprint density at radius 3 is 2.17 bits per heavy atom. The van der Waals surface area contributed by atoms with Crippen molar-refractivity contribution < 1.29 is 20.3 Å². The lowest BCUT2D eigenvalue weighted by Crippen LogP contribution is -2.02. The van der Waals surface area contributed by atoms with Gasteiger partial charge in [0.1, 0.15) is 0 Å². The first-order chi connectivity index (χ1) is 5.29. The normalized spacial score (nSPS) is 14.5. The molecule has 0 saturated heterocycles. The van der Waals surface area contributed by atoms with Crippen LogP contribution in [0.2, 0.25) is 0 Å². The van der Waals surface area contributed by atoms with Gasteiger partial charge >= 0.3 is 1.43 Å². The zero-order chi connectivity index (χ0) is 10.2. The molecule has 0 aliphatic rings. The van der Waals surface area contributed by atoms with Gasteiger partial charge in [0.2, 0.25) is 0 Å². The number of phosphoric acid groups is 1. The highest BCUT2D eigenvalue weighted by molar-refractivity contribution is 7.44. The summed E-state index contributed by atoms with van der Waals surface area (Å²) in [4.78, 5) is 19.6. The van der Waals surface area contributed by atoms with E-state index in [1.165, 1.54) is 6.08 Å². The first-order valence-electron chi connectivity index (χ1n) is 3.19. The van der Waals surface area contributed by atoms with E-state index in [0.29, 0.717) is 0 Å². The molecule has 0 spiro atoms. The zero-order valence-corrected chi connectivity index (χ0v) is 8.45. The lowest BCUT2D eigenvalue weighted by atomic mass is 10.7. The first-order valence-corrected chi connectivity index (χ1v) is 4.69. The minimum Gasteiger partial charge on any atom is -0.756 e. The molecule has 6 heteroatoms. The van der Waals surface area contributed by atoms with E-state index in [4.69, 9.17) is 4.89 Å². The maximum atomic E-state index is 9.70. The summed E-state index contributed by atoms with van der Waals surface area (Å²) in [6.45, 7) is 2.98. The van der Waals surface area contributed by atoms with Gasteiger partial charge in [-0.15, -0.1) is 6.58 Å². The third-order valence-electron chi connectivity index (χ3n) is 0.356. The van der Waals surface area contributed by atoms with Crippen LogP contribution in [0.15, 0.2) is 12.7 Å². The van der Waals surface area contributed by atoms with Gasteiger partial charge in [0, 0.05) is 0 Å². The van der Waals surface area contributed by atoms with E-state index >= 15 is 0 Å². The predicted molar refractivity (Wildman–Crippen MR) is 46.7 cm³/mol. The summed E-state index contributed by atoms with van der Waals surface area (Å²) in [5.74, 6) is 0. The van der Waals surface area contributed by atoms with Crippen molar-refractivity contribution in [2.45, 2.75) is 0 Å². The van der Waals surface area contributed by atoms with Gasteiger partial charge in [0.15, 0.2) is 0 Å². The van der Waals surface area contributed by atoms with Crippen molar-refractivity contribution in [3.05, 3.63) is 12.7 Å². The molecule has 12 heavy (non-hydrogen) atoms. The largest absolute Gasteiger partial charge is 1.00 e. The second kappa shape index (κ2) is 7.46.